The third kappa shape index (κ3) is 1.91. The summed E-state index contributed by atoms with van der Waals surface area (Å²) in [5, 5.41) is 3.26. The van der Waals surface area contributed by atoms with E-state index < -0.39 is 0 Å². The maximum absolute atomic E-state index is 13.2. The Morgan fingerprint density at radius 2 is 1.88 bits per heavy atom. The summed E-state index contributed by atoms with van der Waals surface area (Å²) >= 11 is 0. The average molecular weight is 227 g/mol. The fraction of sp³-hybridized carbons (Fsp3) is 0.200. The molecule has 86 valence electrons. The van der Waals surface area contributed by atoms with E-state index in [1.54, 1.807) is 12.1 Å². The summed E-state index contributed by atoms with van der Waals surface area (Å²) in [4.78, 5) is 0. The molecule has 3 rings (SSSR count). The molecule has 0 aliphatic carbocycles. The molecule has 1 nitrogen and oxygen atoms in total. The number of benzene rings is 2. The van der Waals surface area contributed by atoms with Gasteiger partial charge in [-0.2, -0.15) is 0 Å². The van der Waals surface area contributed by atoms with Gasteiger partial charge in [-0.15, -0.1) is 0 Å². The van der Waals surface area contributed by atoms with Crippen LogP contribution >= 0.6 is 0 Å². The first-order chi connectivity index (χ1) is 8.34. The third-order valence-electron chi connectivity index (χ3n) is 3.34. The van der Waals surface area contributed by atoms with Gasteiger partial charge < -0.3 is 5.32 Å². The van der Waals surface area contributed by atoms with Crippen molar-refractivity contribution >= 4 is 5.69 Å². The van der Waals surface area contributed by atoms with Gasteiger partial charge in [0.2, 0.25) is 0 Å². The molecule has 0 bridgehead atoms. The van der Waals surface area contributed by atoms with Crippen LogP contribution in [0.15, 0.2) is 48.5 Å². The van der Waals surface area contributed by atoms with Crippen LogP contribution in [-0.4, -0.2) is 6.54 Å². The molecule has 2 aromatic rings. The molecule has 0 spiro atoms. The minimum atomic E-state index is -0.176. The molecule has 17 heavy (non-hydrogen) atoms. The van der Waals surface area contributed by atoms with Gasteiger partial charge >= 0.3 is 0 Å². The van der Waals surface area contributed by atoms with Gasteiger partial charge in [-0.3, -0.25) is 0 Å². The molecule has 1 aliphatic heterocycles. The monoisotopic (exact) mass is 227 g/mol. The quantitative estimate of drug-likeness (QED) is 0.782. The van der Waals surface area contributed by atoms with Gasteiger partial charge in [0.05, 0.1) is 0 Å². The van der Waals surface area contributed by atoms with Gasteiger partial charge in [-0.05, 0) is 29.7 Å². The van der Waals surface area contributed by atoms with E-state index in [4.69, 9.17) is 0 Å². The van der Waals surface area contributed by atoms with Crippen LogP contribution in [0.2, 0.25) is 0 Å². The summed E-state index contributed by atoms with van der Waals surface area (Å²) in [6.07, 6.45) is 1.06. The van der Waals surface area contributed by atoms with Crippen LogP contribution in [0.3, 0.4) is 0 Å². The molecule has 0 radical (unpaired) electrons. The Kier molecular flexibility index (Phi) is 2.56. The van der Waals surface area contributed by atoms with Crippen LogP contribution in [0.1, 0.15) is 23.5 Å². The van der Waals surface area contributed by atoms with Crippen LogP contribution in [0.25, 0.3) is 0 Å². The topological polar surface area (TPSA) is 12.0 Å². The highest BCUT2D eigenvalue weighted by Gasteiger charge is 2.21. The summed E-state index contributed by atoms with van der Waals surface area (Å²) in [5.74, 6) is 0.206. The number of hydrogen-bond acceptors (Lipinski definition) is 1. The summed E-state index contributed by atoms with van der Waals surface area (Å²) < 4.78 is 13.2. The minimum absolute atomic E-state index is 0.176. The lowest BCUT2D eigenvalue weighted by molar-refractivity contribution is 0.623. The van der Waals surface area contributed by atoms with E-state index in [-0.39, 0.29) is 5.82 Å². The van der Waals surface area contributed by atoms with Gasteiger partial charge in [-0.1, -0.05) is 36.4 Å². The normalized spacial score (nSPS) is 18.3. The van der Waals surface area contributed by atoms with Crippen molar-refractivity contribution < 1.29 is 4.39 Å². The van der Waals surface area contributed by atoms with Crippen molar-refractivity contribution in [1.82, 2.24) is 0 Å². The highest BCUT2D eigenvalue weighted by Crippen LogP contribution is 2.36. The lowest BCUT2D eigenvalue weighted by atomic mass is 9.85. The van der Waals surface area contributed by atoms with Crippen LogP contribution in [0.4, 0.5) is 10.1 Å². The standard InChI is InChI=1S/C15H14FN/c16-12-6-7-14-13(8-9-17-15(14)10-12)11-4-2-1-3-5-11/h1-7,10,13,17H,8-9H2. The molecule has 0 saturated heterocycles. The second-order valence-corrected chi connectivity index (χ2v) is 4.41. The molecule has 0 fully saturated rings. The van der Waals surface area contributed by atoms with Crippen molar-refractivity contribution in [1.29, 1.82) is 0 Å². The maximum Gasteiger partial charge on any atom is 0.125 e. The predicted octanol–water partition coefficient (Wildman–Crippen LogP) is 3.77. The van der Waals surface area contributed by atoms with E-state index in [1.807, 2.05) is 12.1 Å². The summed E-state index contributed by atoms with van der Waals surface area (Å²) in [6.45, 7) is 0.899. The van der Waals surface area contributed by atoms with Gasteiger partial charge in [0.25, 0.3) is 0 Å². The molecule has 0 amide bonds. The first-order valence-corrected chi connectivity index (χ1v) is 5.93. The van der Waals surface area contributed by atoms with Crippen molar-refractivity contribution in [2.45, 2.75) is 12.3 Å². The van der Waals surface area contributed by atoms with Gasteiger partial charge in [0, 0.05) is 18.2 Å². The van der Waals surface area contributed by atoms with E-state index in [0.717, 1.165) is 18.7 Å². The van der Waals surface area contributed by atoms with E-state index in [2.05, 4.69) is 29.6 Å². The number of nitrogens with one attached hydrogen (secondary N) is 1. The molecule has 1 heterocycles. The number of halogens is 1. The first-order valence-electron chi connectivity index (χ1n) is 5.93. The Hall–Kier alpha value is -1.83. The maximum atomic E-state index is 13.2. The number of anilines is 1. The highest BCUT2D eigenvalue weighted by atomic mass is 19.1. The molecule has 2 heteroatoms. The Morgan fingerprint density at radius 3 is 2.71 bits per heavy atom. The van der Waals surface area contributed by atoms with Crippen LogP contribution in [0, 0.1) is 5.82 Å². The lowest BCUT2D eigenvalue weighted by Gasteiger charge is -2.27. The van der Waals surface area contributed by atoms with Gasteiger partial charge in [0.15, 0.2) is 0 Å². The molecule has 1 atom stereocenters. The Labute approximate surface area is 100 Å². The molecule has 0 saturated carbocycles. The SMILES string of the molecule is Fc1ccc2c(c1)NCCC2c1ccccc1. The molecule has 1 unspecified atom stereocenters. The van der Waals surface area contributed by atoms with Crippen molar-refractivity contribution in [2.24, 2.45) is 0 Å². The number of fused-ring (bicyclic) bond motifs is 1. The molecule has 1 N–H and O–H groups in total. The second-order valence-electron chi connectivity index (χ2n) is 4.41. The van der Waals surface area contributed by atoms with Crippen LogP contribution in [0.5, 0.6) is 0 Å². The molecular formula is C15H14FN. The van der Waals surface area contributed by atoms with Gasteiger partial charge in [-0.25, -0.2) is 4.39 Å². The second kappa shape index (κ2) is 4.21. The molecule has 2 aromatic carbocycles. The minimum Gasteiger partial charge on any atom is -0.385 e. The highest BCUT2D eigenvalue weighted by molar-refractivity contribution is 5.57. The largest absolute Gasteiger partial charge is 0.385 e. The predicted molar refractivity (Wildman–Crippen MR) is 67.8 cm³/mol. The summed E-state index contributed by atoms with van der Waals surface area (Å²) in [6, 6.07) is 15.4. The van der Waals surface area contributed by atoms with Crippen molar-refractivity contribution in [3.05, 3.63) is 65.5 Å². The van der Waals surface area contributed by atoms with E-state index >= 15 is 0 Å². The average Bonchev–Trinajstić information content (AvgIpc) is 2.39. The lowest BCUT2D eigenvalue weighted by Crippen LogP contribution is -2.17. The van der Waals surface area contributed by atoms with Crippen LogP contribution < -0.4 is 5.32 Å². The molecular weight excluding hydrogens is 213 g/mol. The molecule has 0 aromatic heterocycles. The summed E-state index contributed by atoms with van der Waals surface area (Å²) in [7, 11) is 0. The van der Waals surface area contributed by atoms with Crippen molar-refractivity contribution in [2.75, 3.05) is 11.9 Å². The summed E-state index contributed by atoms with van der Waals surface area (Å²) in [5.41, 5.74) is 3.44. The van der Waals surface area contributed by atoms with Crippen molar-refractivity contribution in [3.63, 3.8) is 0 Å². The zero-order chi connectivity index (χ0) is 11.7. The van der Waals surface area contributed by atoms with Gasteiger partial charge in [0.1, 0.15) is 5.82 Å². The number of hydrogen-bond donors (Lipinski definition) is 1. The fourth-order valence-electron chi connectivity index (χ4n) is 2.52. The first kappa shape index (κ1) is 10.3. The Morgan fingerprint density at radius 1 is 1.06 bits per heavy atom. The third-order valence-corrected chi connectivity index (χ3v) is 3.34. The zero-order valence-electron chi connectivity index (χ0n) is 9.49. The van der Waals surface area contributed by atoms with E-state index in [1.165, 1.54) is 11.1 Å². The fourth-order valence-corrected chi connectivity index (χ4v) is 2.52. The molecule has 1 aliphatic rings. The Bertz CT molecular complexity index is 522. The zero-order valence-corrected chi connectivity index (χ0v) is 9.49. The smallest absolute Gasteiger partial charge is 0.125 e. The van der Waals surface area contributed by atoms with E-state index in [0.29, 0.717) is 5.92 Å². The van der Waals surface area contributed by atoms with Crippen LogP contribution in [-0.2, 0) is 0 Å². The number of rotatable bonds is 1. The van der Waals surface area contributed by atoms with Crippen molar-refractivity contribution in [3.8, 4) is 0 Å². The Balaban J connectivity index is 2.06. The van der Waals surface area contributed by atoms with E-state index in [9.17, 15) is 4.39 Å².